The molecule has 0 amide bonds. The Hall–Kier alpha value is -0.680. The van der Waals surface area contributed by atoms with Crippen LogP contribution in [0.15, 0.2) is 12.4 Å². The molecule has 0 saturated carbocycles. The molecule has 1 rings (SSSR count). The lowest BCUT2D eigenvalue weighted by molar-refractivity contribution is 0.275. The zero-order valence-corrected chi connectivity index (χ0v) is 11.3. The third kappa shape index (κ3) is 11.6. The predicted molar refractivity (Wildman–Crippen MR) is 65.2 cm³/mol. The average molecular weight is 264 g/mol. The van der Waals surface area contributed by atoms with E-state index in [-0.39, 0.29) is 0 Å². The lowest BCUT2D eigenvalue weighted by Crippen LogP contribution is -1.98. The summed E-state index contributed by atoms with van der Waals surface area (Å²) in [6, 6.07) is 0. The summed E-state index contributed by atoms with van der Waals surface area (Å²) in [6.45, 7) is 4.52. The molecule has 0 atom stereocenters. The van der Waals surface area contributed by atoms with Gasteiger partial charge in [-0.15, -0.1) is 0 Å². The van der Waals surface area contributed by atoms with Gasteiger partial charge in [-0.25, -0.2) is 9.55 Å². The molecular formula is C10H21N2O4P. The van der Waals surface area contributed by atoms with Crippen LogP contribution in [0, 0.1) is 5.92 Å². The van der Waals surface area contributed by atoms with Crippen LogP contribution in [0.3, 0.4) is 0 Å². The molecule has 0 fully saturated rings. The summed E-state index contributed by atoms with van der Waals surface area (Å²) in [5.74, 6) is 2.01. The number of rotatable bonds is 4. The molecule has 0 radical (unpaired) electrons. The molecule has 0 aliphatic heterocycles. The Bertz CT molecular complexity index is 351. The summed E-state index contributed by atoms with van der Waals surface area (Å²) in [5, 5.41) is 0. The highest BCUT2D eigenvalue weighted by atomic mass is 31.2. The van der Waals surface area contributed by atoms with Crippen LogP contribution in [0.4, 0.5) is 0 Å². The van der Waals surface area contributed by atoms with Crippen molar-refractivity contribution >= 4 is 7.82 Å². The Morgan fingerprint density at radius 2 is 1.94 bits per heavy atom. The molecule has 0 aliphatic rings. The molecule has 1 heterocycles. The molecule has 100 valence electrons. The van der Waals surface area contributed by atoms with Gasteiger partial charge >= 0.3 is 7.82 Å². The molecule has 0 unspecified atom stereocenters. The van der Waals surface area contributed by atoms with Crippen LogP contribution in [-0.2, 0) is 18.0 Å². The van der Waals surface area contributed by atoms with Crippen LogP contribution >= 0.6 is 7.82 Å². The van der Waals surface area contributed by atoms with Crippen LogP contribution in [-0.4, -0.2) is 24.2 Å². The lowest BCUT2D eigenvalue weighted by Gasteiger charge is -2.03. The van der Waals surface area contributed by atoms with Gasteiger partial charge in [-0.1, -0.05) is 20.3 Å². The number of imidazole rings is 1. The van der Waals surface area contributed by atoms with E-state index in [4.69, 9.17) is 19.2 Å². The molecule has 7 heteroatoms. The summed E-state index contributed by atoms with van der Waals surface area (Å²) in [6.07, 6.45) is 7.53. The first-order valence-corrected chi connectivity index (χ1v) is 7.01. The van der Waals surface area contributed by atoms with E-state index in [0.717, 1.165) is 12.3 Å². The number of hydrogen-bond acceptors (Lipinski definition) is 2. The monoisotopic (exact) mass is 264 g/mol. The van der Waals surface area contributed by atoms with E-state index < -0.39 is 7.82 Å². The third-order valence-corrected chi connectivity index (χ3v) is 2.10. The molecule has 0 aliphatic carbocycles. The quantitative estimate of drug-likeness (QED) is 0.716. The van der Waals surface area contributed by atoms with Crippen LogP contribution < -0.4 is 0 Å². The number of phosphoric acid groups is 1. The van der Waals surface area contributed by atoms with Crippen molar-refractivity contribution in [2.45, 2.75) is 33.1 Å². The zero-order chi connectivity index (χ0) is 13.5. The van der Waals surface area contributed by atoms with Crippen molar-refractivity contribution in [2.75, 3.05) is 0 Å². The topological polar surface area (TPSA) is 95.6 Å². The first-order chi connectivity index (χ1) is 7.70. The Labute approximate surface area is 102 Å². The van der Waals surface area contributed by atoms with Gasteiger partial charge in [-0.3, -0.25) is 0 Å². The first kappa shape index (κ1) is 16.3. The Morgan fingerprint density at radius 3 is 2.29 bits per heavy atom. The number of aryl methyl sites for hydroxylation is 2. The molecular weight excluding hydrogens is 243 g/mol. The minimum Gasteiger partial charge on any atom is -0.338 e. The van der Waals surface area contributed by atoms with E-state index >= 15 is 0 Å². The standard InChI is InChI=1S/C10H18N2.H3O4P/c1-9(2)5-4-6-10-11-7-8-12(10)3;1-5(2,3)4/h7-9H,4-6H2,1-3H3;(H3,1,2,3,4). The summed E-state index contributed by atoms with van der Waals surface area (Å²) in [5.41, 5.74) is 0. The molecule has 1 aromatic rings. The van der Waals surface area contributed by atoms with Gasteiger partial charge < -0.3 is 19.2 Å². The van der Waals surface area contributed by atoms with Crippen LogP contribution in [0.5, 0.6) is 0 Å². The maximum Gasteiger partial charge on any atom is 0.466 e. The fourth-order valence-electron chi connectivity index (χ4n) is 1.31. The van der Waals surface area contributed by atoms with Gasteiger partial charge in [0, 0.05) is 25.9 Å². The van der Waals surface area contributed by atoms with Gasteiger partial charge in [-0.05, 0) is 12.3 Å². The molecule has 0 aromatic carbocycles. The van der Waals surface area contributed by atoms with Gasteiger partial charge in [0.15, 0.2) is 0 Å². The predicted octanol–water partition coefficient (Wildman–Crippen LogP) is 1.47. The second-order valence-corrected chi connectivity index (χ2v) is 5.28. The molecule has 1 aromatic heterocycles. The van der Waals surface area contributed by atoms with E-state index in [0.29, 0.717) is 0 Å². The Balaban J connectivity index is 0.000000437. The van der Waals surface area contributed by atoms with E-state index in [1.807, 2.05) is 12.4 Å². The average Bonchev–Trinajstić information content (AvgIpc) is 2.48. The van der Waals surface area contributed by atoms with Crippen LogP contribution in [0.25, 0.3) is 0 Å². The maximum atomic E-state index is 8.88. The van der Waals surface area contributed by atoms with E-state index in [1.165, 1.54) is 18.7 Å². The van der Waals surface area contributed by atoms with Crippen molar-refractivity contribution < 1.29 is 19.2 Å². The lowest BCUT2D eigenvalue weighted by atomic mass is 10.1. The number of hydrogen-bond donors (Lipinski definition) is 3. The van der Waals surface area contributed by atoms with Gasteiger partial charge in [-0.2, -0.15) is 0 Å². The van der Waals surface area contributed by atoms with Crippen molar-refractivity contribution in [1.82, 2.24) is 9.55 Å². The minimum absolute atomic E-state index is 0.810. The SMILES string of the molecule is CC(C)CCCc1nccn1C.O=P(O)(O)O. The first-order valence-electron chi connectivity index (χ1n) is 5.44. The summed E-state index contributed by atoms with van der Waals surface area (Å²) >= 11 is 0. The number of nitrogens with zero attached hydrogens (tertiary/aromatic N) is 2. The zero-order valence-electron chi connectivity index (χ0n) is 10.4. The number of aromatic nitrogens is 2. The van der Waals surface area contributed by atoms with Crippen LogP contribution in [0.1, 0.15) is 32.5 Å². The van der Waals surface area contributed by atoms with E-state index in [1.54, 1.807) is 0 Å². The summed E-state index contributed by atoms with van der Waals surface area (Å²) in [4.78, 5) is 25.8. The largest absolute Gasteiger partial charge is 0.466 e. The fraction of sp³-hybridized carbons (Fsp3) is 0.700. The van der Waals surface area contributed by atoms with Gasteiger partial charge in [0.1, 0.15) is 5.82 Å². The van der Waals surface area contributed by atoms with Crippen LogP contribution in [0.2, 0.25) is 0 Å². The van der Waals surface area contributed by atoms with Crippen molar-refractivity contribution in [2.24, 2.45) is 13.0 Å². The second-order valence-electron chi connectivity index (χ2n) is 4.25. The highest BCUT2D eigenvalue weighted by molar-refractivity contribution is 7.45. The summed E-state index contributed by atoms with van der Waals surface area (Å²) < 4.78 is 11.0. The van der Waals surface area contributed by atoms with E-state index in [9.17, 15) is 0 Å². The van der Waals surface area contributed by atoms with Gasteiger partial charge in [0.25, 0.3) is 0 Å². The third-order valence-electron chi connectivity index (χ3n) is 2.10. The van der Waals surface area contributed by atoms with Crippen molar-refractivity contribution in [3.05, 3.63) is 18.2 Å². The molecule has 0 bridgehead atoms. The molecule has 0 spiro atoms. The Kier molecular flexibility index (Phi) is 7.30. The minimum atomic E-state index is -4.64. The van der Waals surface area contributed by atoms with Crippen molar-refractivity contribution in [3.8, 4) is 0 Å². The molecule has 3 N–H and O–H groups in total. The highest BCUT2D eigenvalue weighted by Gasteiger charge is 2.00. The van der Waals surface area contributed by atoms with Crippen molar-refractivity contribution in [1.29, 1.82) is 0 Å². The highest BCUT2D eigenvalue weighted by Crippen LogP contribution is 2.25. The Morgan fingerprint density at radius 1 is 1.41 bits per heavy atom. The van der Waals surface area contributed by atoms with Crippen molar-refractivity contribution in [3.63, 3.8) is 0 Å². The van der Waals surface area contributed by atoms with E-state index in [2.05, 4.69) is 30.4 Å². The maximum absolute atomic E-state index is 8.88. The molecule has 17 heavy (non-hydrogen) atoms. The smallest absolute Gasteiger partial charge is 0.338 e. The molecule has 0 saturated heterocycles. The van der Waals surface area contributed by atoms with Gasteiger partial charge in [0.2, 0.25) is 0 Å². The normalized spacial score (nSPS) is 11.2. The molecule has 6 nitrogen and oxygen atoms in total. The second kappa shape index (κ2) is 7.61. The summed E-state index contributed by atoms with van der Waals surface area (Å²) in [7, 11) is -2.59. The van der Waals surface area contributed by atoms with Gasteiger partial charge in [0.05, 0.1) is 0 Å². The fourth-order valence-corrected chi connectivity index (χ4v) is 1.31.